The Morgan fingerprint density at radius 1 is 1.41 bits per heavy atom. The molecule has 0 saturated carbocycles. The Bertz CT molecular complexity index is 971. The van der Waals surface area contributed by atoms with Gasteiger partial charge in [0.05, 0.1) is 36.6 Å². The zero-order valence-electron chi connectivity index (χ0n) is 15.0. The normalized spacial score (nSPS) is 12.2. The molecule has 0 saturated heterocycles. The number of amides is 1. The minimum Gasteiger partial charge on any atom is -0.467 e. The molecule has 27 heavy (non-hydrogen) atoms. The number of thioether (sulfide) groups is 1. The number of aromatic nitrogens is 3. The van der Waals surface area contributed by atoms with Crippen LogP contribution in [-0.4, -0.2) is 39.9 Å². The van der Waals surface area contributed by atoms with Gasteiger partial charge in [0.25, 0.3) is 5.56 Å². The summed E-state index contributed by atoms with van der Waals surface area (Å²) in [6.45, 7) is 2.55. The van der Waals surface area contributed by atoms with Gasteiger partial charge in [0.15, 0.2) is 10.8 Å². The highest BCUT2D eigenvalue weighted by Gasteiger charge is 2.16. The third kappa shape index (κ3) is 4.55. The lowest BCUT2D eigenvalue weighted by atomic mass is 10.2. The summed E-state index contributed by atoms with van der Waals surface area (Å²) in [7, 11) is 1.57. The second-order valence-corrected chi connectivity index (χ2v) is 6.75. The lowest BCUT2D eigenvalue weighted by molar-refractivity contribution is -0.119. The largest absolute Gasteiger partial charge is 0.467 e. The van der Waals surface area contributed by atoms with Gasteiger partial charge in [0.1, 0.15) is 5.76 Å². The van der Waals surface area contributed by atoms with Crippen molar-refractivity contribution < 1.29 is 13.9 Å². The number of pyridine rings is 1. The zero-order valence-corrected chi connectivity index (χ0v) is 15.9. The predicted molar refractivity (Wildman–Crippen MR) is 102 cm³/mol. The third-order valence-electron chi connectivity index (χ3n) is 3.89. The number of carbonyl (C=O) groups excluding carboxylic acids is 1. The van der Waals surface area contributed by atoms with Crippen LogP contribution >= 0.6 is 11.8 Å². The van der Waals surface area contributed by atoms with E-state index >= 15 is 0 Å². The summed E-state index contributed by atoms with van der Waals surface area (Å²) < 4.78 is 11.9. The van der Waals surface area contributed by atoms with Crippen LogP contribution in [-0.2, 0) is 16.1 Å². The van der Waals surface area contributed by atoms with Crippen molar-refractivity contribution in [3.63, 3.8) is 0 Å². The summed E-state index contributed by atoms with van der Waals surface area (Å²) in [5.74, 6) is 0.610. The van der Waals surface area contributed by atoms with E-state index in [1.165, 1.54) is 16.3 Å². The van der Waals surface area contributed by atoms with Crippen molar-refractivity contribution in [1.82, 2.24) is 19.9 Å². The fourth-order valence-electron chi connectivity index (χ4n) is 2.55. The van der Waals surface area contributed by atoms with Gasteiger partial charge in [-0.1, -0.05) is 11.8 Å². The molecule has 0 bridgehead atoms. The molecule has 3 rings (SSSR count). The number of nitrogens with one attached hydrogen (secondary N) is 1. The van der Waals surface area contributed by atoms with Crippen molar-refractivity contribution >= 4 is 28.7 Å². The Morgan fingerprint density at radius 3 is 3.00 bits per heavy atom. The molecule has 0 aliphatic heterocycles. The average molecular weight is 388 g/mol. The van der Waals surface area contributed by atoms with Crippen LogP contribution in [0.1, 0.15) is 18.7 Å². The van der Waals surface area contributed by atoms with Crippen molar-refractivity contribution in [2.75, 3.05) is 19.5 Å². The first-order valence-electron chi connectivity index (χ1n) is 8.40. The number of ether oxygens (including phenoxy) is 1. The lowest BCUT2D eigenvalue weighted by Crippen LogP contribution is -2.29. The van der Waals surface area contributed by atoms with Crippen LogP contribution in [0.15, 0.2) is 51.1 Å². The number of hydrogen-bond donors (Lipinski definition) is 1. The van der Waals surface area contributed by atoms with Crippen molar-refractivity contribution in [3.05, 3.63) is 52.8 Å². The van der Waals surface area contributed by atoms with E-state index in [1.54, 1.807) is 43.8 Å². The summed E-state index contributed by atoms with van der Waals surface area (Å²) in [4.78, 5) is 33.6. The molecule has 9 heteroatoms. The number of carbonyl (C=O) groups is 1. The van der Waals surface area contributed by atoms with E-state index in [-0.39, 0.29) is 23.3 Å². The molecule has 1 amide bonds. The van der Waals surface area contributed by atoms with Gasteiger partial charge in [0.2, 0.25) is 5.91 Å². The monoisotopic (exact) mass is 388 g/mol. The van der Waals surface area contributed by atoms with Gasteiger partial charge >= 0.3 is 0 Å². The number of nitrogens with zero attached hydrogens (tertiary/aromatic N) is 3. The van der Waals surface area contributed by atoms with Crippen LogP contribution in [0, 0.1) is 0 Å². The van der Waals surface area contributed by atoms with Crippen LogP contribution < -0.4 is 10.9 Å². The lowest BCUT2D eigenvalue weighted by Gasteiger charge is -2.13. The molecule has 0 spiro atoms. The average Bonchev–Trinajstić information content (AvgIpc) is 3.21. The third-order valence-corrected chi connectivity index (χ3v) is 4.87. The maximum absolute atomic E-state index is 12.7. The van der Waals surface area contributed by atoms with Crippen LogP contribution in [0.3, 0.4) is 0 Å². The molecule has 3 aromatic heterocycles. The molecule has 0 aliphatic rings. The summed E-state index contributed by atoms with van der Waals surface area (Å²) in [6, 6.07) is 6.72. The van der Waals surface area contributed by atoms with Crippen LogP contribution in [0.4, 0.5) is 0 Å². The summed E-state index contributed by atoms with van der Waals surface area (Å²) in [5, 5.41) is 3.73. The van der Waals surface area contributed by atoms with Crippen molar-refractivity contribution in [2.45, 2.75) is 24.7 Å². The zero-order chi connectivity index (χ0) is 19.2. The first kappa shape index (κ1) is 19.1. The van der Waals surface area contributed by atoms with Gasteiger partial charge in [-0.2, -0.15) is 0 Å². The SMILES string of the molecule is COCCn1c(SCC(=O)N[C@@H](C)c2ccco2)nc2ncccc2c1=O. The quantitative estimate of drug-likeness (QED) is 0.465. The highest BCUT2D eigenvalue weighted by atomic mass is 32.2. The molecule has 1 atom stereocenters. The van der Waals surface area contributed by atoms with Crippen molar-refractivity contribution in [3.8, 4) is 0 Å². The molecule has 0 fully saturated rings. The molecule has 0 unspecified atom stereocenters. The molecule has 1 N–H and O–H groups in total. The Hall–Kier alpha value is -2.65. The van der Waals surface area contributed by atoms with Crippen molar-refractivity contribution in [2.24, 2.45) is 0 Å². The first-order chi connectivity index (χ1) is 13.1. The van der Waals surface area contributed by atoms with Crippen LogP contribution in [0.5, 0.6) is 0 Å². The van der Waals surface area contributed by atoms with E-state index in [0.717, 1.165) is 0 Å². The molecule has 3 aromatic rings. The molecule has 3 heterocycles. The van der Waals surface area contributed by atoms with Crippen molar-refractivity contribution in [1.29, 1.82) is 0 Å². The number of methoxy groups -OCH3 is 1. The smallest absolute Gasteiger partial charge is 0.263 e. The standard InChI is InChI=1S/C18H20N4O4S/c1-12(14-6-4-9-26-14)20-15(23)11-27-18-21-16-13(5-3-7-19-16)17(24)22(18)8-10-25-2/h3-7,9,12H,8,10-11H2,1-2H3,(H,20,23)/t12-/m0/s1. The Kier molecular flexibility index (Phi) is 6.25. The van der Waals surface area contributed by atoms with Gasteiger partial charge in [-0.25, -0.2) is 9.97 Å². The Morgan fingerprint density at radius 2 is 2.26 bits per heavy atom. The number of fused-ring (bicyclic) bond motifs is 1. The highest BCUT2D eigenvalue weighted by Crippen LogP contribution is 2.18. The van der Waals surface area contributed by atoms with E-state index in [2.05, 4.69) is 15.3 Å². The molecule has 0 aromatic carbocycles. The van der Waals surface area contributed by atoms with Crippen LogP contribution in [0.25, 0.3) is 11.0 Å². The molecule has 0 aliphatic carbocycles. The maximum Gasteiger partial charge on any atom is 0.263 e. The van der Waals surface area contributed by atoms with Gasteiger partial charge in [-0.3, -0.25) is 14.2 Å². The molecule has 8 nitrogen and oxygen atoms in total. The minimum absolute atomic E-state index is 0.114. The Balaban J connectivity index is 1.76. The molecular formula is C18H20N4O4S. The summed E-state index contributed by atoms with van der Waals surface area (Å²) in [5.41, 5.74) is 0.167. The predicted octanol–water partition coefficient (Wildman–Crippen LogP) is 2.00. The number of furan rings is 1. The van der Waals surface area contributed by atoms with Gasteiger partial charge in [-0.15, -0.1) is 0 Å². The molecule has 142 valence electrons. The Labute approximate surface area is 159 Å². The summed E-state index contributed by atoms with van der Waals surface area (Å²) in [6.07, 6.45) is 3.15. The van der Waals surface area contributed by atoms with E-state index in [0.29, 0.717) is 35.1 Å². The second-order valence-electron chi connectivity index (χ2n) is 5.81. The van der Waals surface area contributed by atoms with E-state index in [4.69, 9.17) is 9.15 Å². The van der Waals surface area contributed by atoms with E-state index < -0.39 is 0 Å². The fraction of sp³-hybridized carbons (Fsp3) is 0.333. The van der Waals surface area contributed by atoms with Gasteiger partial charge in [0, 0.05) is 13.3 Å². The van der Waals surface area contributed by atoms with E-state index in [9.17, 15) is 9.59 Å². The maximum atomic E-state index is 12.7. The highest BCUT2D eigenvalue weighted by molar-refractivity contribution is 7.99. The minimum atomic E-state index is -0.241. The van der Waals surface area contributed by atoms with E-state index in [1.807, 2.05) is 6.92 Å². The second kappa shape index (κ2) is 8.83. The molecular weight excluding hydrogens is 368 g/mol. The summed E-state index contributed by atoms with van der Waals surface area (Å²) >= 11 is 1.19. The van der Waals surface area contributed by atoms with Crippen LogP contribution in [0.2, 0.25) is 0 Å². The number of rotatable bonds is 8. The van der Waals surface area contributed by atoms with Gasteiger partial charge < -0.3 is 14.5 Å². The first-order valence-corrected chi connectivity index (χ1v) is 9.38. The topological polar surface area (TPSA) is 99.2 Å². The molecule has 0 radical (unpaired) electrons. The number of hydrogen-bond acceptors (Lipinski definition) is 7. The van der Waals surface area contributed by atoms with Gasteiger partial charge in [-0.05, 0) is 31.2 Å². The fourth-order valence-corrected chi connectivity index (χ4v) is 3.37.